The molecule has 0 aliphatic carbocycles. The molecule has 0 spiro atoms. The van der Waals surface area contributed by atoms with Gasteiger partial charge in [0.25, 0.3) is 5.91 Å². The summed E-state index contributed by atoms with van der Waals surface area (Å²) < 4.78 is 1.01. The Morgan fingerprint density at radius 2 is 2.29 bits per heavy atom. The Morgan fingerprint density at radius 3 is 3.00 bits per heavy atom. The fourth-order valence-corrected chi connectivity index (χ4v) is 2.63. The highest BCUT2D eigenvalue weighted by Gasteiger charge is 2.13. The first kappa shape index (κ1) is 12.3. The summed E-state index contributed by atoms with van der Waals surface area (Å²) in [5.41, 5.74) is 1.02. The number of carbonyl (C=O) groups is 1. The number of benzene rings is 1. The maximum Gasteiger partial charge on any atom is 0.270 e. The Kier molecular flexibility index (Phi) is 3.63. The van der Waals surface area contributed by atoms with Gasteiger partial charge in [-0.25, -0.2) is 4.98 Å². The zero-order valence-corrected chi connectivity index (χ0v) is 11.9. The number of rotatable bonds is 2. The van der Waals surface area contributed by atoms with Gasteiger partial charge in [0.15, 0.2) is 0 Å². The number of halogens is 1. The van der Waals surface area contributed by atoms with Crippen LogP contribution in [0.15, 0.2) is 23.6 Å². The summed E-state index contributed by atoms with van der Waals surface area (Å²) in [6, 6.07) is 5.27. The smallest absolute Gasteiger partial charge is 0.270 e. The van der Waals surface area contributed by atoms with Crippen LogP contribution in [-0.2, 0) is 0 Å². The van der Waals surface area contributed by atoms with E-state index in [1.807, 2.05) is 12.1 Å². The largest absolute Gasteiger partial charge is 0.507 e. The van der Waals surface area contributed by atoms with Crippen LogP contribution in [0, 0.1) is 3.57 Å². The molecule has 0 radical (unpaired) electrons. The molecule has 0 aliphatic heterocycles. The molecule has 0 saturated heterocycles. The van der Waals surface area contributed by atoms with E-state index in [1.54, 1.807) is 18.5 Å². The van der Waals surface area contributed by atoms with E-state index in [2.05, 4.69) is 32.9 Å². The second-order valence-corrected chi connectivity index (χ2v) is 5.38. The second kappa shape index (κ2) is 5.01. The molecule has 0 saturated carbocycles. The molecule has 17 heavy (non-hydrogen) atoms. The molecule has 6 heteroatoms. The van der Waals surface area contributed by atoms with Gasteiger partial charge in [-0.05, 0) is 40.8 Å². The highest BCUT2D eigenvalue weighted by molar-refractivity contribution is 14.1. The molecular formula is C11H9IN2O2S. The van der Waals surface area contributed by atoms with Gasteiger partial charge in [0.1, 0.15) is 16.5 Å². The van der Waals surface area contributed by atoms with Crippen molar-refractivity contribution in [2.24, 2.45) is 0 Å². The zero-order valence-electron chi connectivity index (χ0n) is 8.90. The van der Waals surface area contributed by atoms with Gasteiger partial charge in [0.2, 0.25) is 0 Å². The number of nitrogens with one attached hydrogen (secondary N) is 1. The van der Waals surface area contributed by atoms with E-state index in [1.165, 1.54) is 11.3 Å². The number of thiazole rings is 1. The molecule has 1 heterocycles. The molecule has 2 aromatic rings. The fourth-order valence-electron chi connectivity index (χ4n) is 1.31. The Morgan fingerprint density at radius 1 is 1.53 bits per heavy atom. The number of aromatic nitrogens is 1. The summed E-state index contributed by atoms with van der Waals surface area (Å²) in [6.45, 7) is 0. The Bertz CT molecular complexity index is 568. The van der Waals surface area contributed by atoms with Crippen molar-refractivity contribution in [1.82, 2.24) is 10.3 Å². The van der Waals surface area contributed by atoms with E-state index in [0.29, 0.717) is 16.3 Å². The van der Waals surface area contributed by atoms with Crippen molar-refractivity contribution < 1.29 is 9.90 Å². The van der Waals surface area contributed by atoms with Crippen LogP contribution in [0.1, 0.15) is 10.5 Å². The second-order valence-electron chi connectivity index (χ2n) is 3.28. The lowest BCUT2D eigenvalue weighted by molar-refractivity contribution is 0.0959. The molecule has 0 bridgehead atoms. The summed E-state index contributed by atoms with van der Waals surface area (Å²) in [5, 5.41) is 14.6. The SMILES string of the molecule is CNC(=O)c1csc(-c2cc(I)ccc2O)n1. The van der Waals surface area contributed by atoms with Crippen LogP contribution in [0.3, 0.4) is 0 Å². The number of phenolic OH excluding ortho intramolecular Hbond substituents is 1. The molecule has 0 atom stereocenters. The van der Waals surface area contributed by atoms with Crippen molar-refractivity contribution in [3.05, 3.63) is 32.8 Å². The molecule has 1 amide bonds. The number of phenols is 1. The third kappa shape index (κ3) is 2.58. The van der Waals surface area contributed by atoms with Crippen LogP contribution < -0.4 is 5.32 Å². The number of hydrogen-bond acceptors (Lipinski definition) is 4. The Balaban J connectivity index is 2.43. The van der Waals surface area contributed by atoms with Gasteiger partial charge in [-0.15, -0.1) is 11.3 Å². The molecule has 4 nitrogen and oxygen atoms in total. The topological polar surface area (TPSA) is 62.2 Å². The third-order valence-electron chi connectivity index (χ3n) is 2.15. The quantitative estimate of drug-likeness (QED) is 0.809. The molecule has 1 aromatic heterocycles. The zero-order chi connectivity index (χ0) is 12.4. The normalized spacial score (nSPS) is 10.2. The predicted octanol–water partition coefficient (Wildman–Crippen LogP) is 2.48. The molecule has 0 unspecified atom stereocenters. The van der Waals surface area contributed by atoms with Crippen LogP contribution >= 0.6 is 33.9 Å². The van der Waals surface area contributed by atoms with Gasteiger partial charge in [0.05, 0.1) is 5.56 Å². The summed E-state index contributed by atoms with van der Waals surface area (Å²) in [7, 11) is 1.56. The van der Waals surface area contributed by atoms with Crippen LogP contribution in [0.25, 0.3) is 10.6 Å². The van der Waals surface area contributed by atoms with E-state index in [9.17, 15) is 9.90 Å². The van der Waals surface area contributed by atoms with Crippen molar-refractivity contribution in [2.75, 3.05) is 7.05 Å². The third-order valence-corrected chi connectivity index (χ3v) is 3.70. The Labute approximate surface area is 116 Å². The van der Waals surface area contributed by atoms with Crippen LogP contribution in [0.4, 0.5) is 0 Å². The van der Waals surface area contributed by atoms with E-state index < -0.39 is 0 Å². The number of nitrogens with zero attached hydrogens (tertiary/aromatic N) is 1. The van der Waals surface area contributed by atoms with Crippen LogP contribution in [-0.4, -0.2) is 23.0 Å². The van der Waals surface area contributed by atoms with Gasteiger partial charge in [-0.1, -0.05) is 0 Å². The lowest BCUT2D eigenvalue weighted by Gasteiger charge is -2.01. The standard InChI is InChI=1S/C11H9IN2O2S/c1-13-10(16)8-5-17-11(14-8)7-4-6(12)2-3-9(7)15/h2-5,15H,1H3,(H,13,16). The van der Waals surface area contributed by atoms with Gasteiger partial charge < -0.3 is 10.4 Å². The average Bonchev–Trinajstić information content (AvgIpc) is 2.80. The van der Waals surface area contributed by atoms with Gasteiger partial charge in [0, 0.05) is 16.0 Å². The minimum absolute atomic E-state index is 0.170. The minimum atomic E-state index is -0.224. The van der Waals surface area contributed by atoms with E-state index >= 15 is 0 Å². The van der Waals surface area contributed by atoms with Gasteiger partial charge in [-0.3, -0.25) is 4.79 Å². The van der Waals surface area contributed by atoms with Crippen LogP contribution in [0.5, 0.6) is 5.75 Å². The van der Waals surface area contributed by atoms with Crippen molar-refractivity contribution in [2.45, 2.75) is 0 Å². The fraction of sp³-hybridized carbons (Fsp3) is 0.0909. The average molecular weight is 360 g/mol. The number of amides is 1. The van der Waals surface area contributed by atoms with Crippen molar-refractivity contribution in [3.8, 4) is 16.3 Å². The summed E-state index contributed by atoms with van der Waals surface area (Å²) >= 11 is 3.50. The maximum atomic E-state index is 11.4. The highest BCUT2D eigenvalue weighted by Crippen LogP contribution is 2.32. The first-order valence-corrected chi connectivity index (χ1v) is 6.74. The summed E-state index contributed by atoms with van der Waals surface area (Å²) in [4.78, 5) is 15.6. The molecule has 2 N–H and O–H groups in total. The maximum absolute atomic E-state index is 11.4. The van der Waals surface area contributed by atoms with E-state index in [-0.39, 0.29) is 11.7 Å². The molecule has 2 rings (SSSR count). The predicted molar refractivity (Wildman–Crippen MR) is 75.3 cm³/mol. The summed E-state index contributed by atoms with van der Waals surface area (Å²) in [6.07, 6.45) is 0. The lowest BCUT2D eigenvalue weighted by atomic mass is 10.2. The van der Waals surface area contributed by atoms with Crippen molar-refractivity contribution in [3.63, 3.8) is 0 Å². The molecule has 0 fully saturated rings. The first-order valence-electron chi connectivity index (χ1n) is 4.78. The Hall–Kier alpha value is -1.15. The highest BCUT2D eigenvalue weighted by atomic mass is 127. The van der Waals surface area contributed by atoms with Crippen molar-refractivity contribution >= 4 is 39.8 Å². The summed E-state index contributed by atoms with van der Waals surface area (Å²) in [5.74, 6) is -0.0548. The number of carbonyl (C=O) groups excluding carboxylic acids is 1. The first-order chi connectivity index (χ1) is 8.11. The molecular weight excluding hydrogens is 351 g/mol. The van der Waals surface area contributed by atoms with Crippen molar-refractivity contribution in [1.29, 1.82) is 0 Å². The van der Waals surface area contributed by atoms with Crippen LogP contribution in [0.2, 0.25) is 0 Å². The van der Waals surface area contributed by atoms with E-state index in [0.717, 1.165) is 3.57 Å². The number of hydrogen-bond donors (Lipinski definition) is 2. The number of aromatic hydroxyl groups is 1. The monoisotopic (exact) mass is 360 g/mol. The van der Waals surface area contributed by atoms with E-state index in [4.69, 9.17) is 0 Å². The molecule has 0 aliphatic rings. The minimum Gasteiger partial charge on any atom is -0.507 e. The molecule has 88 valence electrons. The lowest BCUT2D eigenvalue weighted by Crippen LogP contribution is -2.17. The molecule has 1 aromatic carbocycles. The van der Waals surface area contributed by atoms with Gasteiger partial charge in [-0.2, -0.15) is 0 Å². The van der Waals surface area contributed by atoms with Gasteiger partial charge >= 0.3 is 0 Å².